The average molecular weight is 338 g/mol. The van der Waals surface area contributed by atoms with E-state index in [1.165, 1.54) is 0 Å². The van der Waals surface area contributed by atoms with Gasteiger partial charge in [0, 0.05) is 5.56 Å². The van der Waals surface area contributed by atoms with E-state index in [0.717, 1.165) is 11.1 Å². The number of fused-ring (bicyclic) bond motifs is 1. The number of nitrogens with one attached hydrogen (secondary N) is 2. The van der Waals surface area contributed by atoms with Crippen molar-refractivity contribution in [2.75, 3.05) is 11.9 Å². The van der Waals surface area contributed by atoms with Gasteiger partial charge in [-0.25, -0.2) is 0 Å². The molecule has 0 aromatic heterocycles. The summed E-state index contributed by atoms with van der Waals surface area (Å²) in [6.45, 7) is 3.67. The highest BCUT2D eigenvalue weighted by Crippen LogP contribution is 2.30. The van der Waals surface area contributed by atoms with Gasteiger partial charge in [0.25, 0.3) is 11.8 Å². The minimum atomic E-state index is -0.672. The Kier molecular flexibility index (Phi) is 4.52. The van der Waals surface area contributed by atoms with Crippen LogP contribution in [-0.4, -0.2) is 24.2 Å². The van der Waals surface area contributed by atoms with Gasteiger partial charge in [-0.2, -0.15) is 0 Å². The first-order valence-corrected chi connectivity index (χ1v) is 7.92. The number of ketones is 1. The quantitative estimate of drug-likeness (QED) is 0.662. The molecule has 2 aromatic rings. The van der Waals surface area contributed by atoms with Crippen LogP contribution in [0.25, 0.3) is 0 Å². The van der Waals surface area contributed by atoms with Gasteiger partial charge in [-0.1, -0.05) is 35.9 Å². The van der Waals surface area contributed by atoms with Gasteiger partial charge in [0.05, 0.1) is 11.7 Å². The number of benzene rings is 2. The smallest absolute Gasteiger partial charge is 0.292 e. The number of aryl methyl sites for hydroxylation is 1. The zero-order valence-electron chi connectivity index (χ0n) is 14.0. The summed E-state index contributed by atoms with van der Waals surface area (Å²) in [5.74, 6) is -0.899. The highest BCUT2D eigenvalue weighted by molar-refractivity contribution is 6.42. The molecule has 3 rings (SSSR count). The van der Waals surface area contributed by atoms with Gasteiger partial charge in [-0.15, -0.1) is 0 Å². The first kappa shape index (κ1) is 16.7. The van der Waals surface area contributed by atoms with Crippen molar-refractivity contribution >= 4 is 23.3 Å². The Hall–Kier alpha value is -3.15. The zero-order chi connectivity index (χ0) is 18.0. The van der Waals surface area contributed by atoms with Crippen molar-refractivity contribution in [3.8, 4) is 5.75 Å². The van der Waals surface area contributed by atoms with E-state index in [9.17, 15) is 14.4 Å². The molecular formula is C19H18N2O4. The molecule has 25 heavy (non-hydrogen) atoms. The lowest BCUT2D eigenvalue weighted by atomic mass is 10.0. The van der Waals surface area contributed by atoms with Crippen LogP contribution in [0.5, 0.6) is 5.75 Å². The summed E-state index contributed by atoms with van der Waals surface area (Å²) in [5, 5.41) is 5.40. The fraction of sp³-hybridized carbons (Fsp3) is 0.211. The van der Waals surface area contributed by atoms with Crippen LogP contribution in [0.1, 0.15) is 34.5 Å². The summed E-state index contributed by atoms with van der Waals surface area (Å²) in [6.07, 6.45) is 0. The predicted molar refractivity (Wildman–Crippen MR) is 92.6 cm³/mol. The number of Topliss-reactive ketones (excluding diaryl/α,β-unsaturated/α-hetero) is 1. The number of anilines is 1. The topological polar surface area (TPSA) is 84.5 Å². The number of amides is 2. The Morgan fingerprint density at radius 3 is 2.60 bits per heavy atom. The molecule has 0 saturated carbocycles. The third-order valence-electron chi connectivity index (χ3n) is 4.00. The molecule has 2 amide bonds. The van der Waals surface area contributed by atoms with Crippen LogP contribution >= 0.6 is 0 Å². The Balaban J connectivity index is 1.71. The van der Waals surface area contributed by atoms with Gasteiger partial charge < -0.3 is 15.4 Å². The summed E-state index contributed by atoms with van der Waals surface area (Å²) in [5.41, 5.74) is 2.68. The highest BCUT2D eigenvalue weighted by Gasteiger charge is 2.21. The van der Waals surface area contributed by atoms with Gasteiger partial charge >= 0.3 is 0 Å². The Morgan fingerprint density at radius 1 is 1.16 bits per heavy atom. The van der Waals surface area contributed by atoms with Crippen molar-refractivity contribution in [1.82, 2.24) is 5.32 Å². The molecule has 0 fully saturated rings. The van der Waals surface area contributed by atoms with E-state index in [1.807, 2.05) is 6.92 Å². The number of carbonyl (C=O) groups excluding carboxylic acids is 3. The first-order chi connectivity index (χ1) is 11.9. The molecule has 0 saturated heterocycles. The number of hydrogen-bond donors (Lipinski definition) is 2. The normalized spacial score (nSPS) is 13.9. The van der Waals surface area contributed by atoms with Crippen molar-refractivity contribution in [3.63, 3.8) is 0 Å². The van der Waals surface area contributed by atoms with E-state index in [0.29, 0.717) is 17.0 Å². The highest BCUT2D eigenvalue weighted by atomic mass is 16.5. The maximum atomic E-state index is 12.2. The SMILES string of the molecule is Cc1ccc(C(=O)C(=O)N[C@@H](C)c2ccc3c(c2)NC(=O)CO3)cc1. The van der Waals surface area contributed by atoms with Crippen molar-refractivity contribution in [2.45, 2.75) is 19.9 Å². The van der Waals surface area contributed by atoms with E-state index >= 15 is 0 Å². The molecule has 1 heterocycles. The molecule has 128 valence electrons. The number of carbonyl (C=O) groups is 3. The third-order valence-corrected chi connectivity index (χ3v) is 4.00. The summed E-state index contributed by atoms with van der Waals surface area (Å²) in [7, 11) is 0. The van der Waals surface area contributed by atoms with Crippen LogP contribution in [-0.2, 0) is 9.59 Å². The second-order valence-electron chi connectivity index (χ2n) is 5.98. The van der Waals surface area contributed by atoms with Crippen LogP contribution in [0.15, 0.2) is 42.5 Å². The molecule has 6 heteroatoms. The lowest BCUT2D eigenvalue weighted by Crippen LogP contribution is -2.33. The van der Waals surface area contributed by atoms with Crippen molar-refractivity contribution in [1.29, 1.82) is 0 Å². The lowest BCUT2D eigenvalue weighted by molar-refractivity contribution is -0.119. The van der Waals surface area contributed by atoms with Crippen LogP contribution < -0.4 is 15.4 Å². The van der Waals surface area contributed by atoms with E-state index in [2.05, 4.69) is 10.6 Å². The Morgan fingerprint density at radius 2 is 1.88 bits per heavy atom. The number of hydrogen-bond acceptors (Lipinski definition) is 4. The van der Waals surface area contributed by atoms with Crippen molar-refractivity contribution in [3.05, 3.63) is 59.2 Å². The minimum Gasteiger partial charge on any atom is -0.482 e. The molecule has 1 aliphatic heterocycles. The summed E-state index contributed by atoms with van der Waals surface area (Å²) < 4.78 is 5.30. The fourth-order valence-electron chi connectivity index (χ4n) is 2.55. The summed E-state index contributed by atoms with van der Waals surface area (Å²) in [4.78, 5) is 35.8. The molecule has 0 unspecified atom stereocenters. The van der Waals surface area contributed by atoms with Gasteiger partial charge in [-0.05, 0) is 31.5 Å². The van der Waals surface area contributed by atoms with Gasteiger partial charge in [-0.3, -0.25) is 14.4 Å². The van der Waals surface area contributed by atoms with E-state index < -0.39 is 17.7 Å². The standard InChI is InChI=1S/C19H18N2O4/c1-11-3-5-13(6-4-11)18(23)19(24)20-12(2)14-7-8-16-15(9-14)21-17(22)10-25-16/h3-9,12H,10H2,1-2H3,(H,20,24)(H,21,22)/t12-/m0/s1. The summed E-state index contributed by atoms with van der Waals surface area (Å²) in [6, 6.07) is 11.7. The molecule has 1 atom stereocenters. The van der Waals surface area contributed by atoms with Gasteiger partial charge in [0.15, 0.2) is 6.61 Å². The van der Waals surface area contributed by atoms with E-state index in [-0.39, 0.29) is 12.5 Å². The first-order valence-electron chi connectivity index (χ1n) is 7.92. The average Bonchev–Trinajstić information content (AvgIpc) is 2.61. The van der Waals surface area contributed by atoms with Crippen LogP contribution in [0, 0.1) is 6.92 Å². The molecule has 1 aliphatic rings. The van der Waals surface area contributed by atoms with Crippen molar-refractivity contribution in [2.24, 2.45) is 0 Å². The predicted octanol–water partition coefficient (Wildman–Crippen LogP) is 2.39. The summed E-state index contributed by atoms with van der Waals surface area (Å²) >= 11 is 0. The monoisotopic (exact) mass is 338 g/mol. The third kappa shape index (κ3) is 3.68. The Labute approximate surface area is 145 Å². The van der Waals surface area contributed by atoms with Crippen LogP contribution in [0.3, 0.4) is 0 Å². The lowest BCUT2D eigenvalue weighted by Gasteiger charge is -2.20. The molecule has 0 radical (unpaired) electrons. The van der Waals surface area contributed by atoms with Gasteiger partial charge in [0.2, 0.25) is 5.78 Å². The minimum absolute atomic E-state index is 0.0102. The molecule has 2 N–H and O–H groups in total. The maximum absolute atomic E-state index is 12.2. The fourth-order valence-corrected chi connectivity index (χ4v) is 2.55. The number of rotatable bonds is 4. The maximum Gasteiger partial charge on any atom is 0.292 e. The second kappa shape index (κ2) is 6.76. The van der Waals surface area contributed by atoms with Crippen LogP contribution in [0.2, 0.25) is 0 Å². The molecular weight excluding hydrogens is 320 g/mol. The van der Waals surface area contributed by atoms with Crippen LogP contribution in [0.4, 0.5) is 5.69 Å². The number of ether oxygens (including phenoxy) is 1. The Bertz CT molecular complexity index is 843. The molecule has 0 aliphatic carbocycles. The van der Waals surface area contributed by atoms with E-state index in [1.54, 1.807) is 49.4 Å². The van der Waals surface area contributed by atoms with Gasteiger partial charge in [0.1, 0.15) is 5.75 Å². The van der Waals surface area contributed by atoms with E-state index in [4.69, 9.17) is 4.74 Å². The molecule has 2 aromatic carbocycles. The molecule has 6 nitrogen and oxygen atoms in total. The largest absolute Gasteiger partial charge is 0.482 e. The molecule has 0 spiro atoms. The molecule has 0 bridgehead atoms. The van der Waals surface area contributed by atoms with Crippen molar-refractivity contribution < 1.29 is 19.1 Å². The zero-order valence-corrected chi connectivity index (χ0v) is 14.0. The second-order valence-corrected chi connectivity index (χ2v) is 5.98.